The molecule has 2 rings (SSSR count). The highest BCUT2D eigenvalue weighted by molar-refractivity contribution is 5.30. The Balaban J connectivity index is 2.28. The van der Waals surface area contributed by atoms with E-state index in [1.54, 1.807) is 0 Å². The fourth-order valence-corrected chi connectivity index (χ4v) is 2.28. The highest BCUT2D eigenvalue weighted by atomic mass is 14.7. The molecule has 0 saturated carbocycles. The molecule has 0 fully saturated rings. The van der Waals surface area contributed by atoms with Crippen LogP contribution >= 0.6 is 0 Å². The second kappa shape index (κ2) is 5.36. The van der Waals surface area contributed by atoms with Crippen molar-refractivity contribution in [2.24, 2.45) is 5.73 Å². The molecule has 0 radical (unpaired) electrons. The zero-order chi connectivity index (χ0) is 13.0. The van der Waals surface area contributed by atoms with Crippen molar-refractivity contribution in [3.63, 3.8) is 0 Å². The first-order valence-electron chi connectivity index (χ1n) is 6.54. The largest absolute Gasteiger partial charge is 0.321 e. The van der Waals surface area contributed by atoms with Gasteiger partial charge in [0.15, 0.2) is 0 Å². The predicted octanol–water partition coefficient (Wildman–Crippen LogP) is 3.80. The van der Waals surface area contributed by atoms with Crippen molar-refractivity contribution in [3.05, 3.63) is 71.3 Å². The van der Waals surface area contributed by atoms with Gasteiger partial charge in [-0.25, -0.2) is 0 Å². The molecule has 0 heterocycles. The van der Waals surface area contributed by atoms with Gasteiger partial charge in [0.2, 0.25) is 0 Å². The maximum Gasteiger partial charge on any atom is 0.0447 e. The lowest BCUT2D eigenvalue weighted by atomic mass is 9.82. The molecular formula is C17H21N. The van der Waals surface area contributed by atoms with Gasteiger partial charge < -0.3 is 5.73 Å². The summed E-state index contributed by atoms with van der Waals surface area (Å²) in [5, 5.41) is 0. The summed E-state index contributed by atoms with van der Waals surface area (Å²) in [5.74, 6) is 0. The van der Waals surface area contributed by atoms with Crippen LogP contribution in [0.25, 0.3) is 0 Å². The van der Waals surface area contributed by atoms with Crippen LogP contribution in [0.3, 0.4) is 0 Å². The van der Waals surface area contributed by atoms with Crippen LogP contribution in [0.2, 0.25) is 0 Å². The Morgan fingerprint density at radius 2 is 1.56 bits per heavy atom. The zero-order valence-corrected chi connectivity index (χ0v) is 11.2. The molecule has 1 atom stereocenters. The van der Waals surface area contributed by atoms with E-state index in [0.717, 1.165) is 12.8 Å². The summed E-state index contributed by atoms with van der Waals surface area (Å²) >= 11 is 0. The second-order valence-corrected chi connectivity index (χ2v) is 5.04. The molecular weight excluding hydrogens is 218 g/mol. The Hall–Kier alpha value is -1.60. The van der Waals surface area contributed by atoms with Crippen LogP contribution in [0.15, 0.2) is 54.6 Å². The Kier molecular flexibility index (Phi) is 3.83. The first-order chi connectivity index (χ1) is 8.64. The quantitative estimate of drug-likeness (QED) is 0.862. The zero-order valence-electron chi connectivity index (χ0n) is 11.2. The molecule has 0 amide bonds. The van der Waals surface area contributed by atoms with Gasteiger partial charge in [0.05, 0.1) is 0 Å². The summed E-state index contributed by atoms with van der Waals surface area (Å²) < 4.78 is 0. The van der Waals surface area contributed by atoms with Crippen LogP contribution in [-0.4, -0.2) is 0 Å². The van der Waals surface area contributed by atoms with E-state index >= 15 is 0 Å². The summed E-state index contributed by atoms with van der Waals surface area (Å²) in [6.45, 7) is 4.26. The predicted molar refractivity (Wildman–Crippen MR) is 77.5 cm³/mol. The number of benzene rings is 2. The van der Waals surface area contributed by atoms with Gasteiger partial charge in [-0.1, -0.05) is 67.1 Å². The maximum atomic E-state index is 6.60. The molecule has 2 N–H and O–H groups in total. The SMILES string of the molecule is CCC(N)(Cc1ccccc1)c1ccc(C)cc1. The highest BCUT2D eigenvalue weighted by Gasteiger charge is 2.25. The normalized spacial score (nSPS) is 14.2. The van der Waals surface area contributed by atoms with Gasteiger partial charge in [0, 0.05) is 5.54 Å². The molecule has 1 heteroatoms. The number of rotatable bonds is 4. The number of nitrogens with two attached hydrogens (primary N) is 1. The van der Waals surface area contributed by atoms with E-state index < -0.39 is 0 Å². The number of hydrogen-bond acceptors (Lipinski definition) is 1. The smallest absolute Gasteiger partial charge is 0.0447 e. The molecule has 0 aliphatic carbocycles. The molecule has 0 saturated heterocycles. The Bertz CT molecular complexity index is 487. The minimum atomic E-state index is -0.269. The van der Waals surface area contributed by atoms with E-state index in [1.165, 1.54) is 16.7 Å². The lowest BCUT2D eigenvalue weighted by Crippen LogP contribution is -2.38. The summed E-state index contributed by atoms with van der Waals surface area (Å²) in [6, 6.07) is 19.1. The Labute approximate surface area is 110 Å². The van der Waals surface area contributed by atoms with Crippen LogP contribution < -0.4 is 5.73 Å². The molecule has 0 aromatic heterocycles. The molecule has 1 unspecified atom stereocenters. The minimum Gasteiger partial charge on any atom is -0.321 e. The number of aryl methyl sites for hydroxylation is 1. The third kappa shape index (κ3) is 2.80. The van der Waals surface area contributed by atoms with Crippen molar-refractivity contribution >= 4 is 0 Å². The fourth-order valence-electron chi connectivity index (χ4n) is 2.28. The average molecular weight is 239 g/mol. The molecule has 1 nitrogen and oxygen atoms in total. The van der Waals surface area contributed by atoms with Crippen molar-refractivity contribution in [2.45, 2.75) is 32.2 Å². The van der Waals surface area contributed by atoms with Gasteiger partial charge in [-0.3, -0.25) is 0 Å². The summed E-state index contributed by atoms with van der Waals surface area (Å²) in [4.78, 5) is 0. The van der Waals surface area contributed by atoms with Gasteiger partial charge in [-0.05, 0) is 30.9 Å². The highest BCUT2D eigenvalue weighted by Crippen LogP contribution is 2.26. The molecule has 0 spiro atoms. The molecule has 2 aromatic carbocycles. The lowest BCUT2D eigenvalue weighted by molar-refractivity contribution is 0.425. The van der Waals surface area contributed by atoms with E-state index in [0.29, 0.717) is 0 Å². The van der Waals surface area contributed by atoms with E-state index in [2.05, 4.69) is 62.4 Å². The molecule has 0 bridgehead atoms. The maximum absolute atomic E-state index is 6.60. The van der Waals surface area contributed by atoms with E-state index in [1.807, 2.05) is 6.07 Å². The molecule has 18 heavy (non-hydrogen) atoms. The summed E-state index contributed by atoms with van der Waals surface area (Å²) in [5.41, 5.74) is 10.1. The van der Waals surface area contributed by atoms with E-state index in [4.69, 9.17) is 5.73 Å². The van der Waals surface area contributed by atoms with Gasteiger partial charge in [-0.15, -0.1) is 0 Å². The first kappa shape index (κ1) is 12.8. The van der Waals surface area contributed by atoms with Crippen molar-refractivity contribution < 1.29 is 0 Å². The van der Waals surface area contributed by atoms with Gasteiger partial charge >= 0.3 is 0 Å². The van der Waals surface area contributed by atoms with Crippen LogP contribution in [0.5, 0.6) is 0 Å². The van der Waals surface area contributed by atoms with Crippen molar-refractivity contribution in [2.75, 3.05) is 0 Å². The van der Waals surface area contributed by atoms with Crippen LogP contribution in [0.1, 0.15) is 30.0 Å². The average Bonchev–Trinajstić information content (AvgIpc) is 2.40. The minimum absolute atomic E-state index is 0.269. The third-order valence-corrected chi connectivity index (χ3v) is 3.62. The third-order valence-electron chi connectivity index (χ3n) is 3.62. The van der Waals surface area contributed by atoms with Gasteiger partial charge in [0.25, 0.3) is 0 Å². The van der Waals surface area contributed by atoms with E-state index in [-0.39, 0.29) is 5.54 Å². The lowest BCUT2D eigenvalue weighted by Gasteiger charge is -2.29. The fraction of sp³-hybridized carbons (Fsp3) is 0.294. The van der Waals surface area contributed by atoms with Gasteiger partial charge in [-0.2, -0.15) is 0 Å². The Morgan fingerprint density at radius 3 is 2.11 bits per heavy atom. The standard InChI is InChI=1S/C17H21N/c1-3-17(18,13-15-7-5-4-6-8-15)16-11-9-14(2)10-12-16/h4-12H,3,13,18H2,1-2H3. The molecule has 94 valence electrons. The van der Waals surface area contributed by atoms with E-state index in [9.17, 15) is 0 Å². The topological polar surface area (TPSA) is 26.0 Å². The first-order valence-corrected chi connectivity index (χ1v) is 6.54. The van der Waals surface area contributed by atoms with Crippen molar-refractivity contribution in [3.8, 4) is 0 Å². The van der Waals surface area contributed by atoms with Crippen molar-refractivity contribution in [1.82, 2.24) is 0 Å². The van der Waals surface area contributed by atoms with Crippen molar-refractivity contribution in [1.29, 1.82) is 0 Å². The molecule has 2 aromatic rings. The summed E-state index contributed by atoms with van der Waals surface area (Å²) in [6.07, 6.45) is 1.82. The van der Waals surface area contributed by atoms with Crippen LogP contribution in [-0.2, 0) is 12.0 Å². The Morgan fingerprint density at radius 1 is 0.944 bits per heavy atom. The molecule has 0 aliphatic rings. The summed E-state index contributed by atoms with van der Waals surface area (Å²) in [7, 11) is 0. The van der Waals surface area contributed by atoms with Crippen LogP contribution in [0.4, 0.5) is 0 Å². The second-order valence-electron chi connectivity index (χ2n) is 5.04. The van der Waals surface area contributed by atoms with Crippen LogP contribution in [0, 0.1) is 6.92 Å². The monoisotopic (exact) mass is 239 g/mol. The van der Waals surface area contributed by atoms with Gasteiger partial charge in [0.1, 0.15) is 0 Å². The molecule has 0 aliphatic heterocycles. The number of hydrogen-bond donors (Lipinski definition) is 1.